The van der Waals surface area contributed by atoms with Gasteiger partial charge in [-0.1, -0.05) is 54.6 Å². The summed E-state index contributed by atoms with van der Waals surface area (Å²) in [5.41, 5.74) is 6.42. The van der Waals surface area contributed by atoms with E-state index in [1.54, 1.807) is 12.5 Å². The summed E-state index contributed by atoms with van der Waals surface area (Å²) in [5.74, 6) is 0.194. The predicted molar refractivity (Wildman–Crippen MR) is 132 cm³/mol. The van der Waals surface area contributed by atoms with Crippen molar-refractivity contribution in [3.63, 3.8) is 0 Å². The Bertz CT molecular complexity index is 1290. The summed E-state index contributed by atoms with van der Waals surface area (Å²) < 4.78 is 11.5. The van der Waals surface area contributed by atoms with E-state index in [1.165, 1.54) is 5.57 Å². The lowest BCUT2D eigenvalue weighted by molar-refractivity contribution is -0.139. The number of aromatic nitrogens is 2. The molecular formula is C29H26N2O4. The van der Waals surface area contributed by atoms with Crippen molar-refractivity contribution in [1.29, 1.82) is 0 Å². The van der Waals surface area contributed by atoms with Crippen molar-refractivity contribution in [3.05, 3.63) is 119 Å². The molecule has 1 atom stereocenters. The summed E-state index contributed by atoms with van der Waals surface area (Å²) in [6, 6.07) is 20.0. The van der Waals surface area contributed by atoms with Gasteiger partial charge in [-0.3, -0.25) is 4.98 Å². The molecule has 6 nitrogen and oxygen atoms in total. The first-order valence-corrected chi connectivity index (χ1v) is 11.7. The second-order valence-electron chi connectivity index (χ2n) is 8.56. The molecule has 0 amide bonds. The lowest BCUT2D eigenvalue weighted by atomic mass is 9.86. The molecule has 5 rings (SSSR count). The third kappa shape index (κ3) is 5.17. The summed E-state index contributed by atoms with van der Waals surface area (Å²) in [5, 5.41) is 8.97. The number of pyridine rings is 1. The number of carboxylic acid groups (broad SMARTS) is 1. The van der Waals surface area contributed by atoms with Gasteiger partial charge in [-0.05, 0) is 53.7 Å². The van der Waals surface area contributed by atoms with Gasteiger partial charge in [-0.25, -0.2) is 9.78 Å². The van der Waals surface area contributed by atoms with E-state index in [4.69, 9.17) is 19.2 Å². The van der Waals surface area contributed by atoms with E-state index in [-0.39, 0.29) is 12.5 Å². The third-order valence-electron chi connectivity index (χ3n) is 6.23. The largest absolute Gasteiger partial charge is 0.482 e. The summed E-state index contributed by atoms with van der Waals surface area (Å²) in [6.07, 6.45) is 11.0. The van der Waals surface area contributed by atoms with Crippen LogP contribution in [0.25, 0.3) is 5.57 Å². The smallest absolute Gasteiger partial charge is 0.341 e. The van der Waals surface area contributed by atoms with Gasteiger partial charge in [0.1, 0.15) is 12.0 Å². The van der Waals surface area contributed by atoms with E-state index in [2.05, 4.69) is 29.3 Å². The molecule has 1 N–H and O–H groups in total. The second kappa shape index (κ2) is 10.4. The van der Waals surface area contributed by atoms with Crippen LogP contribution in [0.1, 0.15) is 52.6 Å². The molecule has 4 aromatic rings. The fourth-order valence-corrected chi connectivity index (χ4v) is 4.65. The molecule has 0 spiro atoms. The van der Waals surface area contributed by atoms with Crippen molar-refractivity contribution in [1.82, 2.24) is 9.97 Å². The summed E-state index contributed by atoms with van der Waals surface area (Å²) in [6.45, 7) is -0.337. The highest BCUT2D eigenvalue weighted by Gasteiger charge is 2.23. The Labute approximate surface area is 203 Å². The molecule has 1 aliphatic carbocycles. The van der Waals surface area contributed by atoms with E-state index in [0.717, 1.165) is 47.2 Å². The highest BCUT2D eigenvalue weighted by atomic mass is 16.5. The maximum atomic E-state index is 10.9. The Kier molecular flexibility index (Phi) is 6.70. The van der Waals surface area contributed by atoms with Gasteiger partial charge in [0.05, 0.1) is 11.6 Å². The number of hydrogen-bond donors (Lipinski definition) is 1. The van der Waals surface area contributed by atoms with Crippen LogP contribution in [0.5, 0.6) is 5.75 Å². The molecule has 0 aliphatic heterocycles. The standard InChI is InChI=1S/C29H26N2O4/c32-27(33)19-34-26-13-5-11-24-20(9-4-12-25(24)26)14-15-23-18-35-29(31-23)28(21-7-2-1-3-8-21)22-10-6-16-30-17-22/h1-3,5-8,10-11,13-14,16-18,28H,4,9,12,15,19H2,(H,32,33)/b20-14-. The Morgan fingerprint density at radius 3 is 2.71 bits per heavy atom. The number of oxazole rings is 1. The summed E-state index contributed by atoms with van der Waals surface area (Å²) in [4.78, 5) is 20.1. The van der Waals surface area contributed by atoms with Crippen LogP contribution in [0.2, 0.25) is 0 Å². The number of carbonyl (C=O) groups is 1. The van der Waals surface area contributed by atoms with E-state index in [0.29, 0.717) is 18.1 Å². The average molecular weight is 467 g/mol. The van der Waals surface area contributed by atoms with Crippen LogP contribution in [0.4, 0.5) is 0 Å². The zero-order valence-electron chi connectivity index (χ0n) is 19.3. The highest BCUT2D eigenvalue weighted by molar-refractivity contribution is 5.73. The molecule has 0 saturated heterocycles. The van der Waals surface area contributed by atoms with E-state index in [9.17, 15) is 4.79 Å². The van der Waals surface area contributed by atoms with E-state index in [1.807, 2.05) is 48.7 Å². The van der Waals surface area contributed by atoms with Crippen molar-refractivity contribution in [3.8, 4) is 5.75 Å². The van der Waals surface area contributed by atoms with Gasteiger partial charge < -0.3 is 14.3 Å². The van der Waals surface area contributed by atoms with E-state index < -0.39 is 5.97 Å². The SMILES string of the molecule is O=C(O)COc1cccc2c1CCC/C2=C/Cc1coc(C(c2ccccc2)c2cccnc2)n1. The van der Waals surface area contributed by atoms with Crippen LogP contribution in [0.3, 0.4) is 0 Å². The van der Waals surface area contributed by atoms with Crippen molar-refractivity contribution in [2.45, 2.75) is 31.6 Å². The number of nitrogens with zero attached hydrogens (tertiary/aromatic N) is 2. The molecular weight excluding hydrogens is 440 g/mol. The Morgan fingerprint density at radius 1 is 1.06 bits per heavy atom. The minimum atomic E-state index is -0.976. The molecule has 1 aliphatic rings. The van der Waals surface area contributed by atoms with Gasteiger partial charge >= 0.3 is 5.97 Å². The molecule has 0 radical (unpaired) electrons. The maximum Gasteiger partial charge on any atom is 0.341 e. The summed E-state index contributed by atoms with van der Waals surface area (Å²) >= 11 is 0. The number of hydrogen-bond acceptors (Lipinski definition) is 5. The van der Waals surface area contributed by atoms with E-state index >= 15 is 0 Å². The third-order valence-corrected chi connectivity index (χ3v) is 6.23. The zero-order chi connectivity index (χ0) is 24.0. The average Bonchev–Trinajstić information content (AvgIpc) is 3.36. The number of carboxylic acids is 1. The molecule has 35 heavy (non-hydrogen) atoms. The first-order valence-electron chi connectivity index (χ1n) is 11.7. The first kappa shape index (κ1) is 22.6. The van der Waals surface area contributed by atoms with Crippen molar-refractivity contribution >= 4 is 11.5 Å². The molecule has 0 fully saturated rings. The van der Waals surface area contributed by atoms with Gasteiger partial charge in [0, 0.05) is 24.4 Å². The van der Waals surface area contributed by atoms with Crippen LogP contribution in [-0.4, -0.2) is 27.7 Å². The lowest BCUT2D eigenvalue weighted by Crippen LogP contribution is -2.12. The topological polar surface area (TPSA) is 85.5 Å². The minimum Gasteiger partial charge on any atom is -0.482 e. The van der Waals surface area contributed by atoms with Crippen molar-refractivity contribution < 1.29 is 19.1 Å². The van der Waals surface area contributed by atoms with Crippen LogP contribution < -0.4 is 4.74 Å². The molecule has 176 valence electrons. The quantitative estimate of drug-likeness (QED) is 0.360. The molecule has 0 saturated carbocycles. The first-order chi connectivity index (χ1) is 17.2. The van der Waals surface area contributed by atoms with Crippen molar-refractivity contribution in [2.75, 3.05) is 6.61 Å². The van der Waals surface area contributed by atoms with Crippen LogP contribution in [-0.2, 0) is 17.6 Å². The predicted octanol–water partition coefficient (Wildman–Crippen LogP) is 5.68. The zero-order valence-corrected chi connectivity index (χ0v) is 19.3. The number of ether oxygens (including phenoxy) is 1. The van der Waals surface area contributed by atoms with Gasteiger partial charge in [-0.2, -0.15) is 0 Å². The Balaban J connectivity index is 1.39. The monoisotopic (exact) mass is 466 g/mol. The molecule has 2 heterocycles. The van der Waals surface area contributed by atoms with Crippen LogP contribution in [0, 0.1) is 0 Å². The Hall–Kier alpha value is -4.19. The molecule has 2 aromatic carbocycles. The number of allylic oxidation sites excluding steroid dienone is 2. The number of benzene rings is 2. The molecule has 1 unspecified atom stereocenters. The van der Waals surface area contributed by atoms with Crippen LogP contribution in [0.15, 0.2) is 89.8 Å². The second-order valence-corrected chi connectivity index (χ2v) is 8.56. The molecule has 2 aromatic heterocycles. The number of fused-ring (bicyclic) bond motifs is 1. The van der Waals surface area contributed by atoms with Crippen LogP contribution >= 0.6 is 0 Å². The lowest BCUT2D eigenvalue weighted by Gasteiger charge is -2.21. The highest BCUT2D eigenvalue weighted by Crippen LogP contribution is 2.36. The van der Waals surface area contributed by atoms with Gasteiger partial charge in [0.2, 0.25) is 5.89 Å². The normalized spacial score (nSPS) is 14.9. The minimum absolute atomic E-state index is 0.129. The number of aliphatic carboxylic acids is 1. The fraction of sp³-hybridized carbons (Fsp3) is 0.207. The molecule has 0 bridgehead atoms. The maximum absolute atomic E-state index is 10.9. The van der Waals surface area contributed by atoms with Gasteiger partial charge in [0.25, 0.3) is 0 Å². The number of rotatable bonds is 8. The van der Waals surface area contributed by atoms with Gasteiger partial charge in [0.15, 0.2) is 6.61 Å². The van der Waals surface area contributed by atoms with Gasteiger partial charge in [-0.15, -0.1) is 0 Å². The summed E-state index contributed by atoms with van der Waals surface area (Å²) in [7, 11) is 0. The molecule has 6 heteroatoms. The van der Waals surface area contributed by atoms with Crippen molar-refractivity contribution in [2.24, 2.45) is 0 Å². The Morgan fingerprint density at radius 2 is 1.91 bits per heavy atom. The fourth-order valence-electron chi connectivity index (χ4n) is 4.65.